The van der Waals surface area contributed by atoms with Crippen molar-refractivity contribution in [2.24, 2.45) is 0 Å². The number of halogens is 1. The summed E-state index contributed by atoms with van der Waals surface area (Å²) in [6.07, 6.45) is 1.45. The number of sulfonamides is 1. The fraction of sp³-hybridized carbons (Fsp3) is 0.500. The van der Waals surface area contributed by atoms with E-state index in [2.05, 4.69) is 0 Å². The predicted molar refractivity (Wildman–Crippen MR) is 73.7 cm³/mol. The summed E-state index contributed by atoms with van der Waals surface area (Å²) in [5, 5.41) is 0. The summed E-state index contributed by atoms with van der Waals surface area (Å²) in [5.41, 5.74) is 0. The second kappa shape index (κ2) is 5.99. The topological polar surface area (TPSA) is 80.8 Å². The first-order valence-electron chi connectivity index (χ1n) is 6.30. The average Bonchev–Trinajstić information content (AvgIpc) is 2.66. The molecule has 0 aliphatic carbocycles. The molecule has 6 nitrogen and oxygen atoms in total. The number of rotatable bonds is 3. The van der Waals surface area contributed by atoms with Crippen LogP contribution in [0.1, 0.15) is 6.42 Å². The summed E-state index contributed by atoms with van der Waals surface area (Å²) in [6.45, 7) is 1.00. The molecule has 0 unspecified atom stereocenters. The van der Waals surface area contributed by atoms with Crippen LogP contribution in [0.15, 0.2) is 28.0 Å². The highest BCUT2D eigenvalue weighted by molar-refractivity contribution is 7.91. The largest absolute Gasteiger partial charge is 0.380 e. The molecule has 0 bridgehead atoms. The molecular formula is C12H16FNO5S2. The minimum Gasteiger partial charge on any atom is -0.380 e. The molecule has 0 spiro atoms. The van der Waals surface area contributed by atoms with Gasteiger partial charge in [-0.1, -0.05) is 0 Å². The third kappa shape index (κ3) is 3.60. The molecule has 0 radical (unpaired) electrons. The smallest absolute Gasteiger partial charge is 0.246 e. The first kappa shape index (κ1) is 16.3. The van der Waals surface area contributed by atoms with Crippen LogP contribution >= 0.6 is 0 Å². The molecule has 1 aliphatic heterocycles. The van der Waals surface area contributed by atoms with Crippen LogP contribution in [0, 0.1) is 5.82 Å². The lowest BCUT2D eigenvalue weighted by atomic mass is 10.3. The zero-order valence-corrected chi connectivity index (χ0v) is 13.1. The van der Waals surface area contributed by atoms with Crippen LogP contribution in [0.5, 0.6) is 0 Å². The molecule has 118 valence electrons. The van der Waals surface area contributed by atoms with E-state index in [1.54, 1.807) is 0 Å². The zero-order valence-electron chi connectivity index (χ0n) is 11.5. The average molecular weight is 337 g/mol. The molecule has 2 rings (SSSR count). The highest BCUT2D eigenvalue weighted by atomic mass is 32.2. The highest BCUT2D eigenvalue weighted by Gasteiger charge is 2.29. The van der Waals surface area contributed by atoms with Gasteiger partial charge in [0.25, 0.3) is 0 Å². The maximum atomic E-state index is 13.9. The van der Waals surface area contributed by atoms with Crippen LogP contribution in [-0.2, 0) is 24.6 Å². The number of benzene rings is 1. The zero-order chi connectivity index (χ0) is 15.7. The molecule has 1 aromatic carbocycles. The van der Waals surface area contributed by atoms with Crippen molar-refractivity contribution in [2.45, 2.75) is 16.2 Å². The van der Waals surface area contributed by atoms with Crippen molar-refractivity contribution < 1.29 is 26.0 Å². The Bertz CT molecular complexity index is 722. The molecule has 0 atom stereocenters. The van der Waals surface area contributed by atoms with Crippen LogP contribution in [0.25, 0.3) is 0 Å². The van der Waals surface area contributed by atoms with E-state index in [0.29, 0.717) is 13.0 Å². The van der Waals surface area contributed by atoms with Gasteiger partial charge in [0, 0.05) is 26.0 Å². The van der Waals surface area contributed by atoms with Gasteiger partial charge in [-0.05, 0) is 24.6 Å². The van der Waals surface area contributed by atoms with E-state index < -0.39 is 30.6 Å². The quantitative estimate of drug-likeness (QED) is 0.756. The van der Waals surface area contributed by atoms with Gasteiger partial charge in [0.05, 0.1) is 11.5 Å². The fourth-order valence-corrected chi connectivity index (χ4v) is 4.29. The van der Waals surface area contributed by atoms with Crippen molar-refractivity contribution in [3.8, 4) is 0 Å². The van der Waals surface area contributed by atoms with Gasteiger partial charge in [-0.25, -0.2) is 21.2 Å². The summed E-state index contributed by atoms with van der Waals surface area (Å²) in [7, 11) is -7.70. The van der Waals surface area contributed by atoms with Gasteiger partial charge in [0.15, 0.2) is 9.84 Å². The van der Waals surface area contributed by atoms with E-state index >= 15 is 0 Å². The fourth-order valence-electron chi connectivity index (χ4n) is 2.01. The van der Waals surface area contributed by atoms with Gasteiger partial charge in [-0.3, -0.25) is 0 Å². The summed E-state index contributed by atoms with van der Waals surface area (Å²) < 4.78 is 68.1. The lowest BCUT2D eigenvalue weighted by Gasteiger charge is -2.19. The minimum absolute atomic E-state index is 0.116. The number of hydrogen-bond donors (Lipinski definition) is 0. The Morgan fingerprint density at radius 1 is 1.14 bits per heavy atom. The molecular weight excluding hydrogens is 321 g/mol. The Morgan fingerprint density at radius 2 is 1.86 bits per heavy atom. The van der Waals surface area contributed by atoms with Crippen LogP contribution in [0.2, 0.25) is 0 Å². The summed E-state index contributed by atoms with van der Waals surface area (Å²) in [6, 6.07) is 2.78. The molecule has 0 saturated carbocycles. The molecule has 1 aliphatic rings. The molecule has 0 N–H and O–H groups in total. The van der Waals surface area contributed by atoms with Crippen molar-refractivity contribution in [1.29, 1.82) is 0 Å². The van der Waals surface area contributed by atoms with Crippen molar-refractivity contribution in [3.05, 3.63) is 24.0 Å². The van der Waals surface area contributed by atoms with E-state index in [0.717, 1.165) is 28.8 Å². The summed E-state index contributed by atoms with van der Waals surface area (Å²) >= 11 is 0. The molecule has 0 aromatic heterocycles. The van der Waals surface area contributed by atoms with Crippen LogP contribution in [-0.4, -0.2) is 53.7 Å². The monoisotopic (exact) mass is 337 g/mol. The van der Waals surface area contributed by atoms with Gasteiger partial charge in [0.2, 0.25) is 10.0 Å². The van der Waals surface area contributed by atoms with Crippen molar-refractivity contribution in [3.63, 3.8) is 0 Å². The predicted octanol–water partition coefficient (Wildman–Crippen LogP) is 0.640. The van der Waals surface area contributed by atoms with E-state index in [1.165, 1.54) is 0 Å². The Hall–Kier alpha value is -1.03. The minimum atomic E-state index is -4.08. The summed E-state index contributed by atoms with van der Waals surface area (Å²) in [5.74, 6) is -0.965. The van der Waals surface area contributed by atoms with Gasteiger partial charge in [-0.15, -0.1) is 0 Å². The lowest BCUT2D eigenvalue weighted by Crippen LogP contribution is -2.33. The van der Waals surface area contributed by atoms with Crippen molar-refractivity contribution in [1.82, 2.24) is 4.31 Å². The second-order valence-electron chi connectivity index (χ2n) is 4.73. The molecule has 0 amide bonds. The van der Waals surface area contributed by atoms with Crippen molar-refractivity contribution >= 4 is 19.9 Å². The Labute approximate surface area is 123 Å². The number of sulfone groups is 1. The van der Waals surface area contributed by atoms with Gasteiger partial charge in [-0.2, -0.15) is 4.31 Å². The Balaban J connectivity index is 2.48. The molecule has 1 saturated heterocycles. The Kier molecular flexibility index (Phi) is 4.66. The number of hydrogen-bond acceptors (Lipinski definition) is 5. The second-order valence-corrected chi connectivity index (χ2v) is 8.66. The van der Waals surface area contributed by atoms with Gasteiger partial charge in [0.1, 0.15) is 10.7 Å². The van der Waals surface area contributed by atoms with E-state index in [4.69, 9.17) is 4.74 Å². The maximum Gasteiger partial charge on any atom is 0.246 e. The first-order chi connectivity index (χ1) is 9.73. The highest BCUT2D eigenvalue weighted by Crippen LogP contribution is 2.23. The van der Waals surface area contributed by atoms with Crippen LogP contribution in [0.3, 0.4) is 0 Å². The van der Waals surface area contributed by atoms with Crippen molar-refractivity contribution in [2.75, 3.05) is 32.6 Å². The summed E-state index contributed by atoms with van der Waals surface area (Å²) in [4.78, 5) is -0.846. The maximum absolute atomic E-state index is 13.9. The first-order valence-corrected chi connectivity index (χ1v) is 9.63. The lowest BCUT2D eigenvalue weighted by molar-refractivity contribution is 0.148. The molecule has 1 aromatic rings. The molecule has 21 heavy (non-hydrogen) atoms. The Morgan fingerprint density at radius 3 is 2.52 bits per heavy atom. The number of nitrogens with zero attached hydrogens (tertiary/aromatic N) is 1. The third-order valence-corrected chi connectivity index (χ3v) is 6.15. The van der Waals surface area contributed by atoms with Gasteiger partial charge < -0.3 is 4.74 Å². The molecule has 1 heterocycles. The van der Waals surface area contributed by atoms with E-state index in [1.807, 2.05) is 0 Å². The molecule has 1 fully saturated rings. The third-order valence-electron chi connectivity index (χ3n) is 3.13. The SMILES string of the molecule is CS(=O)(=O)c1ccc(F)c(S(=O)(=O)N2CCCOCC2)c1. The van der Waals surface area contributed by atoms with E-state index in [-0.39, 0.29) is 24.6 Å². The van der Waals surface area contributed by atoms with E-state index in [9.17, 15) is 21.2 Å². The number of ether oxygens (including phenoxy) is 1. The standard InChI is InChI=1S/C12H16FNO5S2/c1-20(15,16)10-3-4-11(13)12(9-10)21(17,18)14-5-2-7-19-8-6-14/h3-4,9H,2,5-8H2,1H3. The van der Waals surface area contributed by atoms with Gasteiger partial charge >= 0.3 is 0 Å². The normalized spacial score (nSPS) is 18.4. The molecule has 9 heteroatoms. The van der Waals surface area contributed by atoms with Crippen LogP contribution < -0.4 is 0 Å². The van der Waals surface area contributed by atoms with Crippen LogP contribution in [0.4, 0.5) is 4.39 Å².